The lowest BCUT2D eigenvalue weighted by molar-refractivity contribution is -0.115. The van der Waals surface area contributed by atoms with Crippen LogP contribution in [0.25, 0.3) is 0 Å². The van der Waals surface area contributed by atoms with Gasteiger partial charge in [-0.1, -0.05) is 11.8 Å². The summed E-state index contributed by atoms with van der Waals surface area (Å²) in [5, 5.41) is 11.2. The van der Waals surface area contributed by atoms with Crippen LogP contribution in [-0.2, 0) is 18.4 Å². The van der Waals surface area contributed by atoms with E-state index in [1.807, 2.05) is 31.3 Å². The topological polar surface area (TPSA) is 78.3 Å². The summed E-state index contributed by atoms with van der Waals surface area (Å²) in [4.78, 5) is 12.4. The minimum Gasteiger partial charge on any atom is -0.497 e. The maximum absolute atomic E-state index is 13.0. The summed E-state index contributed by atoms with van der Waals surface area (Å²) >= 11 is 1.28. The fraction of sp³-hybridized carbons (Fsp3) is 0.250. The molecule has 0 radical (unpaired) electrons. The van der Waals surface area contributed by atoms with Crippen molar-refractivity contribution in [3.63, 3.8) is 0 Å². The number of ether oxygens (including phenoxy) is 2. The number of methoxy groups -OCH3 is 1. The lowest BCUT2D eigenvalue weighted by Gasteiger charge is -2.12. The summed E-state index contributed by atoms with van der Waals surface area (Å²) in [5.74, 6) is 1.52. The van der Waals surface area contributed by atoms with Crippen molar-refractivity contribution < 1.29 is 18.7 Å². The molecule has 0 saturated carbocycles. The second kappa shape index (κ2) is 9.42. The monoisotopic (exact) mass is 416 g/mol. The highest BCUT2D eigenvalue weighted by Gasteiger charge is 2.19. The van der Waals surface area contributed by atoms with Gasteiger partial charge in [0, 0.05) is 12.7 Å². The number of hydrogen-bond donors (Lipinski definition) is 1. The SMILES string of the molecule is COc1ccc(OCc2nnc(S[C@@H](C)C(=O)Nc3ccc(F)cc3)n2C)cc1. The molecule has 3 rings (SSSR count). The van der Waals surface area contributed by atoms with Crippen LogP contribution in [-0.4, -0.2) is 33.0 Å². The zero-order valence-corrected chi connectivity index (χ0v) is 17.1. The highest BCUT2D eigenvalue weighted by atomic mass is 32.2. The number of aromatic nitrogens is 3. The summed E-state index contributed by atoms with van der Waals surface area (Å²) in [5.41, 5.74) is 0.537. The van der Waals surface area contributed by atoms with Crippen LogP contribution in [0.5, 0.6) is 11.5 Å². The minimum absolute atomic E-state index is 0.208. The van der Waals surface area contributed by atoms with Crippen LogP contribution in [0.4, 0.5) is 10.1 Å². The van der Waals surface area contributed by atoms with Crippen LogP contribution in [0.2, 0.25) is 0 Å². The van der Waals surface area contributed by atoms with Crippen LogP contribution in [0, 0.1) is 5.82 Å². The summed E-state index contributed by atoms with van der Waals surface area (Å²) in [7, 11) is 3.43. The number of benzene rings is 2. The van der Waals surface area contributed by atoms with Gasteiger partial charge in [-0.2, -0.15) is 0 Å². The Bertz CT molecular complexity index is 961. The summed E-state index contributed by atoms with van der Waals surface area (Å²) in [6.07, 6.45) is 0. The third-order valence-electron chi connectivity index (χ3n) is 4.12. The standard InChI is InChI=1S/C20H21FN4O3S/c1-13(19(26)22-15-6-4-14(21)5-7-15)29-20-24-23-18(25(20)2)12-28-17-10-8-16(27-3)9-11-17/h4-11,13H,12H2,1-3H3,(H,22,26)/t13-/m0/s1. The zero-order chi connectivity index (χ0) is 20.8. The number of thioether (sulfide) groups is 1. The van der Waals surface area contributed by atoms with E-state index in [0.29, 0.717) is 22.4 Å². The van der Waals surface area contributed by atoms with Gasteiger partial charge in [0.1, 0.15) is 23.9 Å². The third-order valence-corrected chi connectivity index (χ3v) is 5.25. The van der Waals surface area contributed by atoms with Crippen LogP contribution >= 0.6 is 11.8 Å². The second-order valence-electron chi connectivity index (χ2n) is 6.18. The molecule has 3 aromatic rings. The summed E-state index contributed by atoms with van der Waals surface area (Å²) in [6, 6.07) is 12.9. The number of carbonyl (C=O) groups is 1. The van der Waals surface area contributed by atoms with Gasteiger partial charge in [-0.15, -0.1) is 10.2 Å². The molecule has 0 spiro atoms. The molecule has 9 heteroatoms. The predicted octanol–water partition coefficient (Wildman–Crippen LogP) is 3.66. The Balaban J connectivity index is 1.56. The van der Waals surface area contributed by atoms with Crippen LogP contribution in [0.15, 0.2) is 53.7 Å². The second-order valence-corrected chi connectivity index (χ2v) is 7.49. The van der Waals surface area contributed by atoms with Crippen molar-refractivity contribution in [1.82, 2.24) is 14.8 Å². The Morgan fingerprint density at radius 2 is 1.79 bits per heavy atom. The van der Waals surface area contributed by atoms with E-state index in [4.69, 9.17) is 9.47 Å². The first-order valence-corrected chi connectivity index (χ1v) is 9.72. The Labute approximate surface area is 172 Å². The van der Waals surface area contributed by atoms with Gasteiger partial charge in [-0.05, 0) is 55.5 Å². The number of anilines is 1. The van der Waals surface area contributed by atoms with Crippen LogP contribution < -0.4 is 14.8 Å². The molecule has 0 aliphatic heterocycles. The maximum atomic E-state index is 13.0. The number of halogens is 1. The van der Waals surface area contributed by atoms with E-state index < -0.39 is 5.25 Å². The summed E-state index contributed by atoms with van der Waals surface area (Å²) < 4.78 is 25.6. The Morgan fingerprint density at radius 3 is 2.45 bits per heavy atom. The van der Waals surface area contributed by atoms with E-state index in [2.05, 4.69) is 15.5 Å². The Hall–Kier alpha value is -3.07. The summed E-state index contributed by atoms with van der Waals surface area (Å²) in [6.45, 7) is 2.01. The number of nitrogens with zero attached hydrogens (tertiary/aromatic N) is 3. The average molecular weight is 416 g/mol. The molecule has 7 nitrogen and oxygen atoms in total. The van der Waals surface area contributed by atoms with E-state index in [1.54, 1.807) is 18.6 Å². The minimum atomic E-state index is -0.418. The van der Waals surface area contributed by atoms with Gasteiger partial charge in [0.05, 0.1) is 12.4 Å². The number of carbonyl (C=O) groups excluding carboxylic acids is 1. The van der Waals surface area contributed by atoms with Crippen LogP contribution in [0.3, 0.4) is 0 Å². The molecule has 1 heterocycles. The van der Waals surface area contributed by atoms with Crippen molar-refractivity contribution in [2.45, 2.75) is 23.9 Å². The van der Waals surface area contributed by atoms with E-state index in [0.717, 1.165) is 5.75 Å². The van der Waals surface area contributed by atoms with Gasteiger partial charge < -0.3 is 19.4 Å². The van der Waals surface area contributed by atoms with Crippen LogP contribution in [0.1, 0.15) is 12.7 Å². The zero-order valence-electron chi connectivity index (χ0n) is 16.3. The normalized spacial score (nSPS) is 11.7. The lowest BCUT2D eigenvalue weighted by Crippen LogP contribution is -2.22. The van der Waals surface area contributed by atoms with Gasteiger partial charge in [0.15, 0.2) is 11.0 Å². The van der Waals surface area contributed by atoms with Crippen molar-refractivity contribution in [1.29, 1.82) is 0 Å². The van der Waals surface area contributed by atoms with E-state index in [1.165, 1.54) is 36.0 Å². The van der Waals surface area contributed by atoms with Crippen molar-refractivity contribution >= 4 is 23.4 Å². The fourth-order valence-corrected chi connectivity index (χ4v) is 3.22. The molecule has 0 bridgehead atoms. The molecule has 0 fully saturated rings. The highest BCUT2D eigenvalue weighted by Crippen LogP contribution is 2.24. The van der Waals surface area contributed by atoms with Gasteiger partial charge >= 0.3 is 0 Å². The number of amides is 1. The molecular weight excluding hydrogens is 395 g/mol. The Kier molecular flexibility index (Phi) is 6.71. The molecule has 0 aliphatic rings. The van der Waals surface area contributed by atoms with Gasteiger partial charge in [-0.3, -0.25) is 4.79 Å². The molecule has 2 aromatic carbocycles. The first kappa shape index (κ1) is 20.7. The number of nitrogens with one attached hydrogen (secondary N) is 1. The van der Waals surface area contributed by atoms with Crippen molar-refractivity contribution in [2.75, 3.05) is 12.4 Å². The molecule has 0 unspecified atom stereocenters. The average Bonchev–Trinajstić information content (AvgIpc) is 3.07. The van der Waals surface area contributed by atoms with E-state index in [-0.39, 0.29) is 18.3 Å². The molecule has 0 saturated heterocycles. The highest BCUT2D eigenvalue weighted by molar-refractivity contribution is 8.00. The molecule has 1 atom stereocenters. The number of rotatable bonds is 8. The maximum Gasteiger partial charge on any atom is 0.237 e. The van der Waals surface area contributed by atoms with Gasteiger partial charge in [0.2, 0.25) is 5.91 Å². The van der Waals surface area contributed by atoms with Gasteiger partial charge in [-0.25, -0.2) is 4.39 Å². The van der Waals surface area contributed by atoms with Crippen molar-refractivity contribution in [3.8, 4) is 11.5 Å². The van der Waals surface area contributed by atoms with Crippen molar-refractivity contribution in [3.05, 3.63) is 60.2 Å². The third kappa shape index (κ3) is 5.47. The molecule has 1 N–H and O–H groups in total. The molecule has 0 aliphatic carbocycles. The Morgan fingerprint density at radius 1 is 1.14 bits per heavy atom. The first-order chi connectivity index (χ1) is 14.0. The van der Waals surface area contributed by atoms with E-state index in [9.17, 15) is 9.18 Å². The molecular formula is C20H21FN4O3S. The smallest absolute Gasteiger partial charge is 0.237 e. The number of hydrogen-bond acceptors (Lipinski definition) is 6. The first-order valence-electron chi connectivity index (χ1n) is 8.84. The van der Waals surface area contributed by atoms with Crippen molar-refractivity contribution in [2.24, 2.45) is 7.05 Å². The van der Waals surface area contributed by atoms with Gasteiger partial charge in [0.25, 0.3) is 0 Å². The van der Waals surface area contributed by atoms with E-state index >= 15 is 0 Å². The molecule has 1 aromatic heterocycles. The molecule has 1 amide bonds. The quantitative estimate of drug-likeness (QED) is 0.565. The fourth-order valence-electron chi connectivity index (χ4n) is 2.38. The lowest BCUT2D eigenvalue weighted by atomic mass is 10.3. The molecule has 152 valence electrons. The largest absolute Gasteiger partial charge is 0.497 e. The predicted molar refractivity (Wildman–Crippen MR) is 109 cm³/mol. The molecule has 29 heavy (non-hydrogen) atoms.